The molecule has 0 atom stereocenters. The van der Waals surface area contributed by atoms with Crippen LogP contribution in [0.4, 0.5) is 22.7 Å². The van der Waals surface area contributed by atoms with Crippen LogP contribution in [0.15, 0.2) is 67.4 Å². The van der Waals surface area contributed by atoms with Gasteiger partial charge in [0.2, 0.25) is 0 Å². The number of nitrogen functional groups attached to an aromatic ring is 2. The van der Waals surface area contributed by atoms with Gasteiger partial charge in [-0.15, -0.1) is 5.11 Å². The van der Waals surface area contributed by atoms with E-state index < -0.39 is 74.0 Å². The lowest BCUT2D eigenvalue weighted by atomic mass is 10.1. The van der Waals surface area contributed by atoms with Gasteiger partial charge in [-0.1, -0.05) is 0 Å². The number of hydrogen-bond donors (Lipinski definition) is 5. The van der Waals surface area contributed by atoms with Crippen LogP contribution in [0.2, 0.25) is 0 Å². The lowest BCUT2D eigenvalue weighted by molar-refractivity contribution is 0.284. The molecule has 0 aliphatic carbocycles. The van der Waals surface area contributed by atoms with Crippen molar-refractivity contribution in [2.75, 3.05) is 23.8 Å². The lowest BCUT2D eigenvalue weighted by Gasteiger charge is -2.12. The Morgan fingerprint density at radius 3 is 1.89 bits per heavy atom. The molecule has 20 heteroatoms. The minimum atomic E-state index is -5.00. The van der Waals surface area contributed by atoms with Gasteiger partial charge in [0.05, 0.1) is 33.5 Å². The molecule has 38 heavy (non-hydrogen) atoms. The fraction of sp³-hybridized carbons (Fsp3) is 0.111. The summed E-state index contributed by atoms with van der Waals surface area (Å²) >= 11 is 0. The quantitative estimate of drug-likeness (QED) is 0.130. The van der Waals surface area contributed by atoms with Crippen LogP contribution >= 0.6 is 0 Å². The highest BCUT2D eigenvalue weighted by molar-refractivity contribution is 7.91. The minimum absolute atomic E-state index is 0.00591. The molecule has 3 aromatic rings. The molecule has 0 bridgehead atoms. The zero-order chi connectivity index (χ0) is 28.7. The first-order chi connectivity index (χ1) is 17.3. The van der Waals surface area contributed by atoms with E-state index in [0.717, 1.165) is 42.5 Å². The van der Waals surface area contributed by atoms with Crippen LogP contribution in [0.5, 0.6) is 0 Å². The number of fused-ring (bicyclic) bond motifs is 1. The van der Waals surface area contributed by atoms with Gasteiger partial charge in [0.25, 0.3) is 20.2 Å². The van der Waals surface area contributed by atoms with Crippen LogP contribution in [0.3, 0.4) is 0 Å². The topological polar surface area (TPSA) is 283 Å². The summed E-state index contributed by atoms with van der Waals surface area (Å²) in [6.45, 7) is -0.836. The molecule has 0 saturated heterocycles. The van der Waals surface area contributed by atoms with E-state index in [0.29, 0.717) is 0 Å². The van der Waals surface area contributed by atoms with E-state index in [-0.39, 0.29) is 27.0 Å². The molecular formula is C18H18N4O12S4. The molecule has 7 N–H and O–H groups in total. The average molecular weight is 611 g/mol. The monoisotopic (exact) mass is 610 g/mol. The molecule has 0 aromatic heterocycles. The molecule has 0 spiro atoms. The molecule has 0 saturated carbocycles. The molecule has 0 fully saturated rings. The fourth-order valence-corrected chi connectivity index (χ4v) is 5.90. The smallest absolute Gasteiger partial charge is 0.397 e. The van der Waals surface area contributed by atoms with Gasteiger partial charge in [-0.05, 0) is 47.9 Å². The maximum atomic E-state index is 12.3. The standard InChI is InChI=1S/C18H18N4O12S4/c19-14-9-13(36(25,26)27)7-10-8-15(37(28,29)30)18(17(20)16(10)14)22-21-11-1-3-12(4-2-11)35(23,24)6-5-34-38(31,32)33/h1-4,7-9H,5-6,19-20H2,(H,25,26,27)(H,28,29,30)(H,31,32,33). The molecular weight excluding hydrogens is 592 g/mol. The van der Waals surface area contributed by atoms with Gasteiger partial charge in [0.1, 0.15) is 10.6 Å². The Kier molecular flexibility index (Phi) is 7.83. The first-order valence-electron chi connectivity index (χ1n) is 9.77. The first-order valence-corrected chi connectivity index (χ1v) is 15.7. The highest BCUT2D eigenvalue weighted by Gasteiger charge is 2.24. The maximum Gasteiger partial charge on any atom is 0.397 e. The van der Waals surface area contributed by atoms with E-state index >= 15 is 0 Å². The number of nitrogens with zero attached hydrogens (tertiary/aromatic N) is 2. The predicted molar refractivity (Wildman–Crippen MR) is 133 cm³/mol. The highest BCUT2D eigenvalue weighted by atomic mass is 32.3. The van der Waals surface area contributed by atoms with Gasteiger partial charge < -0.3 is 11.5 Å². The summed E-state index contributed by atoms with van der Waals surface area (Å²) in [5.74, 6) is -0.778. The van der Waals surface area contributed by atoms with E-state index in [4.69, 9.17) is 16.0 Å². The number of sulfone groups is 1. The van der Waals surface area contributed by atoms with Crippen LogP contribution in [-0.2, 0) is 44.7 Å². The van der Waals surface area contributed by atoms with Gasteiger partial charge in [-0.2, -0.15) is 30.4 Å². The molecule has 3 aromatic carbocycles. The molecule has 0 unspecified atom stereocenters. The summed E-state index contributed by atoms with van der Waals surface area (Å²) in [5.41, 5.74) is 10.6. The molecule has 0 heterocycles. The predicted octanol–water partition coefficient (Wildman–Crippen LogP) is 1.51. The van der Waals surface area contributed by atoms with E-state index in [9.17, 15) is 42.8 Å². The summed E-state index contributed by atoms with van der Waals surface area (Å²) in [6, 6.07) is 7.08. The van der Waals surface area contributed by atoms with Crippen LogP contribution in [0.1, 0.15) is 0 Å². The van der Waals surface area contributed by atoms with Gasteiger partial charge >= 0.3 is 10.4 Å². The van der Waals surface area contributed by atoms with Crippen molar-refractivity contribution in [1.29, 1.82) is 0 Å². The lowest BCUT2D eigenvalue weighted by Crippen LogP contribution is -2.15. The summed E-state index contributed by atoms with van der Waals surface area (Å²) < 4.78 is 124. The molecule has 206 valence electrons. The van der Waals surface area contributed by atoms with Crippen molar-refractivity contribution in [3.63, 3.8) is 0 Å². The zero-order valence-electron chi connectivity index (χ0n) is 18.7. The fourth-order valence-electron chi connectivity index (χ4n) is 3.19. The molecule has 3 rings (SSSR count). The highest BCUT2D eigenvalue weighted by Crippen LogP contribution is 2.41. The van der Waals surface area contributed by atoms with E-state index in [2.05, 4.69) is 14.4 Å². The summed E-state index contributed by atoms with van der Waals surface area (Å²) in [6.07, 6.45) is 0. The van der Waals surface area contributed by atoms with Crippen LogP contribution < -0.4 is 11.5 Å². The van der Waals surface area contributed by atoms with E-state index in [1.54, 1.807) is 0 Å². The molecule has 16 nitrogen and oxygen atoms in total. The Hall–Kier alpha value is -3.24. The van der Waals surface area contributed by atoms with Crippen LogP contribution in [0.25, 0.3) is 10.8 Å². The normalized spacial score (nSPS) is 13.3. The number of azo groups is 1. The van der Waals surface area contributed by atoms with E-state index in [1.165, 1.54) is 0 Å². The van der Waals surface area contributed by atoms with Gasteiger partial charge in [0.15, 0.2) is 9.84 Å². The average Bonchev–Trinajstić information content (AvgIpc) is 2.76. The Labute approximate surface area is 216 Å². The van der Waals surface area contributed by atoms with Crippen molar-refractivity contribution in [3.05, 3.63) is 42.5 Å². The van der Waals surface area contributed by atoms with E-state index in [1.807, 2.05) is 0 Å². The van der Waals surface area contributed by atoms with Crippen molar-refractivity contribution in [2.24, 2.45) is 10.2 Å². The number of anilines is 2. The SMILES string of the molecule is Nc1cc(S(=O)(=O)O)cc2cc(S(=O)(=O)O)c(N=Nc3ccc(S(=O)(=O)CCOS(=O)(=O)O)cc3)c(N)c12. The maximum absolute atomic E-state index is 12.3. The zero-order valence-corrected chi connectivity index (χ0v) is 21.9. The van der Waals surface area contributed by atoms with Crippen molar-refractivity contribution in [3.8, 4) is 0 Å². The van der Waals surface area contributed by atoms with Crippen molar-refractivity contribution in [1.82, 2.24) is 0 Å². The van der Waals surface area contributed by atoms with Crippen molar-refractivity contribution >= 4 is 74.0 Å². The van der Waals surface area contributed by atoms with Gasteiger partial charge in [0, 0.05) is 11.1 Å². The number of nitrogens with two attached hydrogens (primary N) is 2. The van der Waals surface area contributed by atoms with Gasteiger partial charge in [-0.25, -0.2) is 12.6 Å². The van der Waals surface area contributed by atoms with Crippen LogP contribution in [-0.4, -0.2) is 59.7 Å². The third-order valence-electron chi connectivity index (χ3n) is 4.84. The Bertz CT molecular complexity index is 1890. The molecule has 0 radical (unpaired) electrons. The number of benzene rings is 3. The Morgan fingerprint density at radius 2 is 1.37 bits per heavy atom. The van der Waals surface area contributed by atoms with Crippen molar-refractivity contribution < 1.29 is 51.5 Å². The number of rotatable bonds is 9. The van der Waals surface area contributed by atoms with Gasteiger partial charge in [-0.3, -0.25) is 13.7 Å². The molecule has 0 aliphatic rings. The second-order valence-corrected chi connectivity index (χ2v) is 13.5. The van der Waals surface area contributed by atoms with Crippen LogP contribution in [0, 0.1) is 0 Å². The minimum Gasteiger partial charge on any atom is -0.398 e. The Morgan fingerprint density at radius 1 is 0.763 bits per heavy atom. The third kappa shape index (κ3) is 6.79. The summed E-state index contributed by atoms with van der Waals surface area (Å²) in [5, 5.41) is 7.32. The third-order valence-corrected chi connectivity index (χ3v) is 8.70. The second-order valence-electron chi connectivity index (χ2n) is 7.46. The molecule has 0 amide bonds. The molecule has 0 aliphatic heterocycles. The van der Waals surface area contributed by atoms with Crippen molar-refractivity contribution in [2.45, 2.75) is 14.7 Å². The number of hydrogen-bond acceptors (Lipinski definition) is 13. The first kappa shape index (κ1) is 29.3. The summed E-state index contributed by atoms with van der Waals surface area (Å²) in [7, 11) is -18.6. The second kappa shape index (κ2) is 10.1. The largest absolute Gasteiger partial charge is 0.398 e. The Balaban J connectivity index is 2.03. The summed E-state index contributed by atoms with van der Waals surface area (Å²) in [4.78, 5) is -1.78.